The van der Waals surface area contributed by atoms with E-state index in [4.69, 9.17) is 10.00 Å². The summed E-state index contributed by atoms with van der Waals surface area (Å²) < 4.78 is 18.6. The molecular formula is C12H12FN3O3. The Kier molecular flexibility index (Phi) is 3.92. The Morgan fingerprint density at radius 3 is 2.95 bits per heavy atom. The maximum atomic E-state index is 13.5. The van der Waals surface area contributed by atoms with Gasteiger partial charge in [-0.1, -0.05) is 6.07 Å². The average molecular weight is 265 g/mol. The maximum absolute atomic E-state index is 13.5. The summed E-state index contributed by atoms with van der Waals surface area (Å²) in [7, 11) is 0. The molecule has 1 aromatic rings. The highest BCUT2D eigenvalue weighted by atomic mass is 19.1. The third-order valence-electron chi connectivity index (χ3n) is 2.71. The van der Waals surface area contributed by atoms with Crippen molar-refractivity contribution in [3.8, 4) is 11.8 Å². The molecule has 0 bridgehead atoms. The number of hydrogen-bond donors (Lipinski definition) is 1. The summed E-state index contributed by atoms with van der Waals surface area (Å²) in [5.41, 5.74) is -0.442. The summed E-state index contributed by atoms with van der Waals surface area (Å²) in [5, 5.41) is 22.7. The number of halogens is 1. The first-order chi connectivity index (χ1) is 9.11. The predicted octanol–water partition coefficient (Wildman–Crippen LogP) is 1.76. The summed E-state index contributed by atoms with van der Waals surface area (Å²) in [5.74, 6) is -1.23. The molecule has 1 N–H and O–H groups in total. The van der Waals surface area contributed by atoms with Gasteiger partial charge < -0.3 is 4.74 Å². The molecule has 6 nitrogen and oxygen atoms in total. The average Bonchev–Trinajstić information content (AvgIpc) is 3.19. The summed E-state index contributed by atoms with van der Waals surface area (Å²) in [4.78, 5) is 10.0. The van der Waals surface area contributed by atoms with Gasteiger partial charge in [0.25, 0.3) is 0 Å². The fourth-order valence-electron chi connectivity index (χ4n) is 1.61. The van der Waals surface area contributed by atoms with Crippen molar-refractivity contribution in [2.24, 2.45) is 0 Å². The minimum absolute atomic E-state index is 0.130. The second-order valence-corrected chi connectivity index (χ2v) is 4.28. The highest BCUT2D eigenvalue weighted by Crippen LogP contribution is 2.29. The summed E-state index contributed by atoms with van der Waals surface area (Å²) in [6.07, 6.45) is 2.00. The van der Waals surface area contributed by atoms with Crippen LogP contribution in [0.15, 0.2) is 18.2 Å². The first-order valence-electron chi connectivity index (χ1n) is 5.83. The fraction of sp³-hybridized carbons (Fsp3) is 0.417. The first kappa shape index (κ1) is 13.2. The highest BCUT2D eigenvalue weighted by Gasteiger charge is 2.26. The van der Waals surface area contributed by atoms with Crippen molar-refractivity contribution in [2.45, 2.75) is 24.9 Å². The van der Waals surface area contributed by atoms with Crippen LogP contribution in [-0.4, -0.2) is 23.6 Å². The van der Waals surface area contributed by atoms with Crippen LogP contribution in [0.5, 0.6) is 5.75 Å². The van der Waals surface area contributed by atoms with E-state index in [1.807, 2.05) is 6.07 Å². The molecule has 1 unspecified atom stereocenters. The molecule has 0 aliphatic heterocycles. The van der Waals surface area contributed by atoms with E-state index in [9.17, 15) is 14.5 Å². The lowest BCUT2D eigenvalue weighted by atomic mass is 10.3. The molecule has 1 aromatic carbocycles. The molecule has 7 heteroatoms. The second-order valence-electron chi connectivity index (χ2n) is 4.28. The van der Waals surface area contributed by atoms with Gasteiger partial charge in [0.1, 0.15) is 12.6 Å². The molecule has 1 aliphatic rings. The van der Waals surface area contributed by atoms with Gasteiger partial charge in [-0.2, -0.15) is 5.26 Å². The molecule has 1 atom stereocenters. The number of benzene rings is 1. The number of ether oxygens (including phenoxy) is 1. The van der Waals surface area contributed by atoms with Crippen molar-refractivity contribution < 1.29 is 14.1 Å². The molecule has 0 spiro atoms. The van der Waals surface area contributed by atoms with E-state index in [-0.39, 0.29) is 6.61 Å². The number of nitro groups is 1. The van der Waals surface area contributed by atoms with Gasteiger partial charge in [0.15, 0.2) is 5.82 Å². The lowest BCUT2D eigenvalue weighted by molar-refractivity contribution is -0.386. The quantitative estimate of drug-likeness (QED) is 0.625. The SMILES string of the molecule is N#CC(COc1c(F)cccc1[N+](=O)[O-])NC1CC1. The first-order valence-corrected chi connectivity index (χ1v) is 5.83. The minimum atomic E-state index is -0.808. The van der Waals surface area contributed by atoms with E-state index >= 15 is 0 Å². The van der Waals surface area contributed by atoms with Crippen molar-refractivity contribution in [1.29, 1.82) is 5.26 Å². The van der Waals surface area contributed by atoms with Crippen LogP contribution < -0.4 is 10.1 Å². The molecule has 0 saturated heterocycles. The Hall–Kier alpha value is -2.20. The van der Waals surface area contributed by atoms with Crippen LogP contribution >= 0.6 is 0 Å². The van der Waals surface area contributed by atoms with Gasteiger partial charge >= 0.3 is 5.69 Å². The molecule has 0 aromatic heterocycles. The summed E-state index contributed by atoms with van der Waals surface area (Å²) >= 11 is 0. The molecule has 0 heterocycles. The van der Waals surface area contributed by atoms with Crippen molar-refractivity contribution in [3.05, 3.63) is 34.1 Å². The third-order valence-corrected chi connectivity index (χ3v) is 2.71. The Morgan fingerprint density at radius 1 is 1.63 bits per heavy atom. The smallest absolute Gasteiger partial charge is 0.314 e. The Balaban J connectivity index is 2.05. The van der Waals surface area contributed by atoms with Crippen molar-refractivity contribution in [3.63, 3.8) is 0 Å². The van der Waals surface area contributed by atoms with E-state index in [0.717, 1.165) is 25.0 Å². The van der Waals surface area contributed by atoms with Gasteiger partial charge in [-0.05, 0) is 18.9 Å². The van der Waals surface area contributed by atoms with Crippen LogP contribution in [0.3, 0.4) is 0 Å². The molecule has 1 aliphatic carbocycles. The van der Waals surface area contributed by atoms with Crippen molar-refractivity contribution in [2.75, 3.05) is 6.61 Å². The predicted molar refractivity (Wildman–Crippen MR) is 64.1 cm³/mol. The third kappa shape index (κ3) is 3.39. The molecule has 0 radical (unpaired) electrons. The lowest BCUT2D eigenvalue weighted by Gasteiger charge is -2.12. The largest absolute Gasteiger partial charge is 0.482 e. The molecule has 19 heavy (non-hydrogen) atoms. The highest BCUT2D eigenvalue weighted by molar-refractivity contribution is 5.46. The number of nitrogens with one attached hydrogen (secondary N) is 1. The van der Waals surface area contributed by atoms with Gasteiger partial charge in [-0.3, -0.25) is 15.4 Å². The topological polar surface area (TPSA) is 88.2 Å². The van der Waals surface area contributed by atoms with Gasteiger partial charge in [-0.25, -0.2) is 4.39 Å². The number of nitro benzene ring substituents is 1. The van der Waals surface area contributed by atoms with E-state index in [1.54, 1.807) is 0 Å². The van der Waals surface area contributed by atoms with E-state index in [0.29, 0.717) is 6.04 Å². The standard InChI is InChI=1S/C12H12FN3O3/c13-10-2-1-3-11(16(17)18)12(10)19-7-9(6-14)15-8-4-5-8/h1-3,8-9,15H,4-5,7H2. The molecule has 1 fully saturated rings. The zero-order valence-electron chi connectivity index (χ0n) is 10.0. The van der Waals surface area contributed by atoms with Crippen molar-refractivity contribution in [1.82, 2.24) is 5.32 Å². The molecule has 0 amide bonds. The van der Waals surface area contributed by atoms with E-state index in [1.165, 1.54) is 6.07 Å². The molecule has 100 valence electrons. The van der Waals surface area contributed by atoms with Crippen LogP contribution in [0.1, 0.15) is 12.8 Å². The van der Waals surface area contributed by atoms with Crippen LogP contribution in [0.2, 0.25) is 0 Å². The second kappa shape index (κ2) is 5.63. The Morgan fingerprint density at radius 2 is 2.37 bits per heavy atom. The van der Waals surface area contributed by atoms with Crippen LogP contribution in [0, 0.1) is 27.3 Å². The monoisotopic (exact) mass is 265 g/mol. The molecule has 2 rings (SSSR count). The van der Waals surface area contributed by atoms with Crippen LogP contribution in [-0.2, 0) is 0 Å². The maximum Gasteiger partial charge on any atom is 0.314 e. The van der Waals surface area contributed by atoms with Gasteiger partial charge in [0.05, 0.1) is 11.0 Å². The van der Waals surface area contributed by atoms with E-state index in [2.05, 4.69) is 5.32 Å². The van der Waals surface area contributed by atoms with Gasteiger partial charge in [-0.15, -0.1) is 0 Å². The Bertz CT molecular complexity index is 525. The van der Waals surface area contributed by atoms with Crippen LogP contribution in [0.25, 0.3) is 0 Å². The number of para-hydroxylation sites is 1. The summed E-state index contributed by atoms with van der Waals surface area (Å²) in [6.45, 7) is -0.130. The molecular weight excluding hydrogens is 253 g/mol. The normalized spacial score (nSPS) is 15.6. The zero-order valence-corrected chi connectivity index (χ0v) is 10.0. The number of hydrogen-bond acceptors (Lipinski definition) is 5. The minimum Gasteiger partial charge on any atom is -0.482 e. The van der Waals surface area contributed by atoms with E-state index < -0.39 is 28.2 Å². The number of nitriles is 1. The Labute approximate surface area is 108 Å². The number of rotatable bonds is 6. The lowest BCUT2D eigenvalue weighted by Crippen LogP contribution is -2.35. The van der Waals surface area contributed by atoms with Crippen LogP contribution in [0.4, 0.5) is 10.1 Å². The van der Waals surface area contributed by atoms with Gasteiger partial charge in [0, 0.05) is 12.1 Å². The fourth-order valence-corrected chi connectivity index (χ4v) is 1.61. The number of nitrogens with zero attached hydrogens (tertiary/aromatic N) is 2. The van der Waals surface area contributed by atoms with Crippen molar-refractivity contribution >= 4 is 5.69 Å². The molecule has 1 saturated carbocycles. The van der Waals surface area contributed by atoms with Gasteiger partial charge in [0.2, 0.25) is 5.75 Å². The zero-order chi connectivity index (χ0) is 13.8. The summed E-state index contributed by atoms with van der Waals surface area (Å²) in [6, 6.07) is 5.16.